The normalized spacial score (nSPS) is 11.4. The van der Waals surface area contributed by atoms with E-state index in [-0.39, 0.29) is 12.8 Å². The Bertz CT molecular complexity index is 509. The SMILES string of the molecule is COC(=O)CC[C@H](NC(=O)c1ccc(C)cc1)C(=O)OC. The number of amides is 1. The van der Waals surface area contributed by atoms with E-state index in [0.29, 0.717) is 5.56 Å². The van der Waals surface area contributed by atoms with E-state index in [4.69, 9.17) is 0 Å². The van der Waals surface area contributed by atoms with Crippen molar-refractivity contribution in [2.75, 3.05) is 14.2 Å². The van der Waals surface area contributed by atoms with E-state index in [9.17, 15) is 14.4 Å². The number of ether oxygens (including phenoxy) is 2. The van der Waals surface area contributed by atoms with Gasteiger partial charge in [-0.2, -0.15) is 0 Å². The molecule has 6 nitrogen and oxygen atoms in total. The predicted octanol–water partition coefficient (Wildman–Crippen LogP) is 1.22. The summed E-state index contributed by atoms with van der Waals surface area (Å²) >= 11 is 0. The lowest BCUT2D eigenvalue weighted by Gasteiger charge is -2.16. The molecule has 114 valence electrons. The van der Waals surface area contributed by atoms with Crippen molar-refractivity contribution >= 4 is 17.8 Å². The average molecular weight is 293 g/mol. The lowest BCUT2D eigenvalue weighted by atomic mass is 10.1. The molecule has 6 heteroatoms. The van der Waals surface area contributed by atoms with E-state index in [1.165, 1.54) is 14.2 Å². The number of esters is 2. The highest BCUT2D eigenvalue weighted by molar-refractivity contribution is 5.96. The first-order chi connectivity index (χ1) is 9.97. The van der Waals surface area contributed by atoms with Crippen LogP contribution in [0.1, 0.15) is 28.8 Å². The Morgan fingerprint density at radius 3 is 2.24 bits per heavy atom. The van der Waals surface area contributed by atoms with Crippen molar-refractivity contribution in [3.63, 3.8) is 0 Å². The van der Waals surface area contributed by atoms with Gasteiger partial charge in [0.25, 0.3) is 5.91 Å². The number of hydrogen-bond acceptors (Lipinski definition) is 5. The molecule has 21 heavy (non-hydrogen) atoms. The zero-order valence-corrected chi connectivity index (χ0v) is 12.3. The third kappa shape index (κ3) is 5.25. The summed E-state index contributed by atoms with van der Waals surface area (Å²) in [5.74, 6) is -1.44. The standard InChI is InChI=1S/C15H19NO5/c1-10-4-6-11(7-5-10)14(18)16-12(15(19)21-3)8-9-13(17)20-2/h4-7,12H,8-9H2,1-3H3,(H,16,18)/t12-/m0/s1. The fourth-order valence-electron chi connectivity index (χ4n) is 1.70. The van der Waals surface area contributed by atoms with Gasteiger partial charge in [0.15, 0.2) is 0 Å². The van der Waals surface area contributed by atoms with Gasteiger partial charge < -0.3 is 14.8 Å². The minimum absolute atomic E-state index is 0.0183. The monoisotopic (exact) mass is 293 g/mol. The zero-order valence-electron chi connectivity index (χ0n) is 12.3. The average Bonchev–Trinajstić information content (AvgIpc) is 2.50. The van der Waals surface area contributed by atoms with E-state index in [1.54, 1.807) is 24.3 Å². The van der Waals surface area contributed by atoms with Crippen LogP contribution in [0.4, 0.5) is 0 Å². The zero-order chi connectivity index (χ0) is 15.8. The molecule has 1 N–H and O–H groups in total. The fourth-order valence-corrected chi connectivity index (χ4v) is 1.70. The third-order valence-electron chi connectivity index (χ3n) is 2.97. The van der Waals surface area contributed by atoms with Crippen LogP contribution in [0, 0.1) is 6.92 Å². The van der Waals surface area contributed by atoms with Crippen molar-refractivity contribution in [1.82, 2.24) is 5.32 Å². The first-order valence-corrected chi connectivity index (χ1v) is 6.50. The highest BCUT2D eigenvalue weighted by Crippen LogP contribution is 2.06. The fraction of sp³-hybridized carbons (Fsp3) is 0.400. The summed E-state index contributed by atoms with van der Waals surface area (Å²) in [7, 11) is 2.49. The molecule has 0 saturated heterocycles. The van der Waals surface area contributed by atoms with Crippen LogP contribution in [0.3, 0.4) is 0 Å². The van der Waals surface area contributed by atoms with Crippen LogP contribution >= 0.6 is 0 Å². The molecular weight excluding hydrogens is 274 g/mol. The molecule has 1 amide bonds. The molecule has 0 aliphatic heterocycles. The van der Waals surface area contributed by atoms with Crippen LogP contribution in [0.25, 0.3) is 0 Å². The number of benzene rings is 1. The summed E-state index contributed by atoms with van der Waals surface area (Å²) in [6.07, 6.45) is 0.140. The summed E-state index contributed by atoms with van der Waals surface area (Å²) in [4.78, 5) is 34.8. The molecule has 0 bridgehead atoms. The van der Waals surface area contributed by atoms with Gasteiger partial charge in [-0.1, -0.05) is 17.7 Å². The van der Waals surface area contributed by atoms with Crippen LogP contribution < -0.4 is 5.32 Å². The molecule has 0 spiro atoms. The summed E-state index contributed by atoms with van der Waals surface area (Å²) in [5.41, 5.74) is 1.47. The van der Waals surface area contributed by atoms with Crippen molar-refractivity contribution in [2.45, 2.75) is 25.8 Å². The van der Waals surface area contributed by atoms with Crippen molar-refractivity contribution in [2.24, 2.45) is 0 Å². The molecule has 0 aliphatic rings. The molecule has 1 aromatic carbocycles. The number of aryl methyl sites for hydroxylation is 1. The topological polar surface area (TPSA) is 81.7 Å². The molecule has 0 unspecified atom stereocenters. The Morgan fingerprint density at radius 2 is 1.71 bits per heavy atom. The largest absolute Gasteiger partial charge is 0.469 e. The quantitative estimate of drug-likeness (QED) is 0.797. The summed E-state index contributed by atoms with van der Waals surface area (Å²) in [6.45, 7) is 1.91. The summed E-state index contributed by atoms with van der Waals surface area (Å²) in [6, 6.07) is 6.05. The second kappa shape index (κ2) is 8.04. The lowest BCUT2D eigenvalue weighted by Crippen LogP contribution is -2.41. The van der Waals surface area contributed by atoms with Crippen molar-refractivity contribution in [3.8, 4) is 0 Å². The van der Waals surface area contributed by atoms with Gasteiger partial charge in [-0.05, 0) is 25.5 Å². The van der Waals surface area contributed by atoms with Gasteiger partial charge in [-0.3, -0.25) is 9.59 Å². The lowest BCUT2D eigenvalue weighted by molar-refractivity contribution is -0.144. The van der Waals surface area contributed by atoms with Gasteiger partial charge in [-0.25, -0.2) is 4.79 Å². The molecule has 0 aliphatic carbocycles. The van der Waals surface area contributed by atoms with Crippen LogP contribution in [-0.4, -0.2) is 38.1 Å². The van der Waals surface area contributed by atoms with Gasteiger partial charge in [-0.15, -0.1) is 0 Å². The Hall–Kier alpha value is -2.37. The van der Waals surface area contributed by atoms with Crippen LogP contribution in [0.15, 0.2) is 24.3 Å². The number of rotatable bonds is 6. The van der Waals surface area contributed by atoms with Crippen LogP contribution in [-0.2, 0) is 19.1 Å². The maximum Gasteiger partial charge on any atom is 0.328 e. The van der Waals surface area contributed by atoms with E-state index in [2.05, 4.69) is 14.8 Å². The van der Waals surface area contributed by atoms with E-state index < -0.39 is 23.9 Å². The van der Waals surface area contributed by atoms with E-state index >= 15 is 0 Å². The predicted molar refractivity (Wildman–Crippen MR) is 75.7 cm³/mol. The molecule has 1 aromatic rings. The first kappa shape index (κ1) is 16.7. The van der Waals surface area contributed by atoms with Crippen molar-refractivity contribution in [1.29, 1.82) is 0 Å². The van der Waals surface area contributed by atoms with Crippen molar-refractivity contribution in [3.05, 3.63) is 35.4 Å². The van der Waals surface area contributed by atoms with Crippen molar-refractivity contribution < 1.29 is 23.9 Å². The second-order valence-corrected chi connectivity index (χ2v) is 4.53. The Kier molecular flexibility index (Phi) is 6.39. The third-order valence-corrected chi connectivity index (χ3v) is 2.97. The smallest absolute Gasteiger partial charge is 0.328 e. The van der Waals surface area contributed by atoms with Gasteiger partial charge in [0.05, 0.1) is 14.2 Å². The number of carbonyl (C=O) groups is 3. The van der Waals surface area contributed by atoms with Crippen LogP contribution in [0.2, 0.25) is 0 Å². The Morgan fingerprint density at radius 1 is 1.10 bits per heavy atom. The van der Waals surface area contributed by atoms with Gasteiger partial charge in [0, 0.05) is 12.0 Å². The molecule has 0 saturated carbocycles. The molecule has 1 atom stereocenters. The number of nitrogens with one attached hydrogen (secondary N) is 1. The number of hydrogen-bond donors (Lipinski definition) is 1. The second-order valence-electron chi connectivity index (χ2n) is 4.53. The minimum Gasteiger partial charge on any atom is -0.469 e. The highest BCUT2D eigenvalue weighted by Gasteiger charge is 2.23. The number of methoxy groups -OCH3 is 2. The first-order valence-electron chi connectivity index (χ1n) is 6.50. The molecule has 0 radical (unpaired) electrons. The van der Waals surface area contributed by atoms with E-state index in [0.717, 1.165) is 5.56 Å². The molecule has 0 aromatic heterocycles. The minimum atomic E-state index is -0.886. The maximum absolute atomic E-state index is 12.1. The van der Waals surface area contributed by atoms with Gasteiger partial charge in [0.1, 0.15) is 6.04 Å². The van der Waals surface area contributed by atoms with Gasteiger partial charge >= 0.3 is 11.9 Å². The van der Waals surface area contributed by atoms with E-state index in [1.807, 2.05) is 6.92 Å². The maximum atomic E-state index is 12.1. The Balaban J connectivity index is 2.71. The molecule has 0 heterocycles. The molecule has 0 fully saturated rings. The number of carbonyl (C=O) groups excluding carboxylic acids is 3. The van der Waals surface area contributed by atoms with Crippen LogP contribution in [0.5, 0.6) is 0 Å². The summed E-state index contributed by atoms with van der Waals surface area (Å²) in [5, 5.41) is 2.56. The molecule has 1 rings (SSSR count). The Labute approximate surface area is 123 Å². The molecular formula is C15H19NO5. The highest BCUT2D eigenvalue weighted by atomic mass is 16.5. The summed E-state index contributed by atoms with van der Waals surface area (Å²) < 4.78 is 9.14. The van der Waals surface area contributed by atoms with Gasteiger partial charge in [0.2, 0.25) is 0 Å².